The molecule has 0 aromatic rings. The summed E-state index contributed by atoms with van der Waals surface area (Å²) in [4.78, 5) is 37.8. The number of esters is 1. The molecule has 0 heterocycles. The number of amides is 1. The molecule has 2 N–H and O–H groups in total. The van der Waals surface area contributed by atoms with E-state index in [4.69, 9.17) is 13.8 Å². The standard InChI is InChI=1S/C72H129N2O7P/c1-7-10-13-16-19-22-25-28-30-32-33-34-35-36-37-38-39-40-41-43-44-46-49-52-55-58-61-64-71(75)73-69(68-80-82(77,78)79-67-66-74(4,5)6)70(63-60-57-54-51-48-27-24-21-18-15-12-9-3)81-72(76)65-62-59-56-53-50-47-45-42-31-29-26-23-20-17-14-11-8-2/h11,14,19-20,22-23,28-31,45,47,53,56,60,63,69-70H,7-10,12-13,15-18,21,24-27,32-44,46,48-52,54-55,57-59,61-62,64-68H2,1-6H3,(H-,73,75,77,78)/p+1/b14-11-,22-19-,23-20-,30-28-,31-29-,47-45-,56-53-,63-60-. The maximum absolute atomic E-state index is 13.6. The number of ether oxygens (including phenoxy) is 1. The van der Waals surface area contributed by atoms with Gasteiger partial charge in [-0.1, -0.05) is 279 Å². The Balaban J connectivity index is 5.10. The molecule has 0 spiro atoms. The topological polar surface area (TPSA) is 111 Å². The highest BCUT2D eigenvalue weighted by Crippen LogP contribution is 2.43. The first-order valence-corrected chi connectivity index (χ1v) is 35.6. The minimum atomic E-state index is -4.47. The van der Waals surface area contributed by atoms with Crippen molar-refractivity contribution in [3.63, 3.8) is 0 Å². The number of phosphoric acid groups is 1. The monoisotopic (exact) mass is 1170 g/mol. The number of hydrogen-bond acceptors (Lipinski definition) is 6. The van der Waals surface area contributed by atoms with Crippen LogP contribution in [0.15, 0.2) is 97.2 Å². The van der Waals surface area contributed by atoms with Crippen LogP contribution in [0.25, 0.3) is 0 Å². The molecule has 3 unspecified atom stereocenters. The summed E-state index contributed by atoms with van der Waals surface area (Å²) >= 11 is 0. The van der Waals surface area contributed by atoms with Gasteiger partial charge in [0, 0.05) is 12.8 Å². The molecule has 0 saturated carbocycles. The van der Waals surface area contributed by atoms with Gasteiger partial charge in [0.05, 0.1) is 33.8 Å². The van der Waals surface area contributed by atoms with Gasteiger partial charge in [-0.05, 0) is 102 Å². The van der Waals surface area contributed by atoms with E-state index >= 15 is 0 Å². The maximum Gasteiger partial charge on any atom is 0.472 e. The maximum atomic E-state index is 13.6. The minimum absolute atomic E-state index is 0.0285. The van der Waals surface area contributed by atoms with Crippen LogP contribution in [0.4, 0.5) is 0 Å². The van der Waals surface area contributed by atoms with E-state index in [0.29, 0.717) is 23.9 Å². The molecule has 10 heteroatoms. The van der Waals surface area contributed by atoms with E-state index in [1.54, 1.807) is 0 Å². The number of unbranched alkanes of at least 4 members (excludes halogenated alkanes) is 31. The molecular formula is C72H130N2O7P+. The highest BCUT2D eigenvalue weighted by atomic mass is 31.2. The Morgan fingerprint density at radius 2 is 0.793 bits per heavy atom. The van der Waals surface area contributed by atoms with E-state index in [1.807, 2.05) is 33.3 Å². The van der Waals surface area contributed by atoms with Crippen LogP contribution >= 0.6 is 7.82 Å². The Hall–Kier alpha value is -3.07. The SMILES string of the molecule is CC/C=C\C/C=C\C/C=C\C/C=C\C/C=C\CCCC(=O)OC(/C=C\CCCCCCCCCCCC)C(COP(=O)(O)OCC[N+](C)(C)C)NC(=O)CCCCCCCCCCCCCCCCCCC/C=C\C/C=C\CCCCC. The summed E-state index contributed by atoms with van der Waals surface area (Å²) in [5, 5.41) is 3.05. The van der Waals surface area contributed by atoms with E-state index in [0.717, 1.165) is 83.5 Å². The van der Waals surface area contributed by atoms with Gasteiger partial charge in [-0.2, -0.15) is 0 Å². The van der Waals surface area contributed by atoms with Crippen molar-refractivity contribution in [3.8, 4) is 0 Å². The van der Waals surface area contributed by atoms with Crippen molar-refractivity contribution in [3.05, 3.63) is 97.2 Å². The molecule has 82 heavy (non-hydrogen) atoms. The number of nitrogens with zero attached hydrogens (tertiary/aromatic N) is 1. The molecule has 0 fully saturated rings. The van der Waals surface area contributed by atoms with E-state index in [1.165, 1.54) is 173 Å². The first-order valence-electron chi connectivity index (χ1n) is 34.1. The van der Waals surface area contributed by atoms with Gasteiger partial charge in [-0.25, -0.2) is 4.57 Å². The quantitative estimate of drug-likeness (QED) is 0.0205. The molecule has 1 amide bonds. The predicted molar refractivity (Wildman–Crippen MR) is 355 cm³/mol. The van der Waals surface area contributed by atoms with Crippen molar-refractivity contribution in [2.75, 3.05) is 40.9 Å². The van der Waals surface area contributed by atoms with Crippen molar-refractivity contribution in [2.24, 2.45) is 0 Å². The molecule has 0 aromatic carbocycles. The Bertz CT molecular complexity index is 1720. The first kappa shape index (κ1) is 78.9. The van der Waals surface area contributed by atoms with Gasteiger partial charge in [0.2, 0.25) is 5.91 Å². The molecule has 0 aliphatic carbocycles. The number of carbonyl (C=O) groups excluding carboxylic acids is 2. The van der Waals surface area contributed by atoms with Crippen LogP contribution in [0.1, 0.15) is 297 Å². The third kappa shape index (κ3) is 61.5. The van der Waals surface area contributed by atoms with E-state index in [2.05, 4.69) is 111 Å². The number of nitrogens with one attached hydrogen (secondary N) is 1. The highest BCUT2D eigenvalue weighted by Gasteiger charge is 2.30. The number of phosphoric ester groups is 1. The lowest BCUT2D eigenvalue weighted by Gasteiger charge is -2.27. The van der Waals surface area contributed by atoms with Gasteiger partial charge < -0.3 is 19.4 Å². The van der Waals surface area contributed by atoms with Crippen LogP contribution in [0.3, 0.4) is 0 Å². The van der Waals surface area contributed by atoms with Gasteiger partial charge in [-0.15, -0.1) is 0 Å². The molecule has 0 radical (unpaired) electrons. The summed E-state index contributed by atoms with van der Waals surface area (Å²) in [7, 11) is 1.46. The largest absolute Gasteiger partial charge is 0.472 e. The van der Waals surface area contributed by atoms with Gasteiger partial charge >= 0.3 is 13.8 Å². The summed E-state index contributed by atoms with van der Waals surface area (Å²) in [6, 6.07) is -0.876. The fraction of sp³-hybridized carbons (Fsp3) is 0.750. The van der Waals surface area contributed by atoms with Gasteiger partial charge in [0.25, 0.3) is 0 Å². The summed E-state index contributed by atoms with van der Waals surface area (Å²) in [5.41, 5.74) is 0. The fourth-order valence-corrected chi connectivity index (χ4v) is 10.3. The fourth-order valence-electron chi connectivity index (χ4n) is 9.54. The zero-order valence-corrected chi connectivity index (χ0v) is 55.1. The normalized spacial score (nSPS) is 14.2. The number of carbonyl (C=O) groups is 2. The third-order valence-corrected chi connectivity index (χ3v) is 15.7. The number of allylic oxidation sites excluding steroid dienone is 15. The average Bonchev–Trinajstić information content (AvgIpc) is 3.44. The van der Waals surface area contributed by atoms with Gasteiger partial charge in [-0.3, -0.25) is 18.6 Å². The molecule has 474 valence electrons. The molecule has 0 aliphatic rings. The zero-order valence-electron chi connectivity index (χ0n) is 54.2. The molecule has 0 rings (SSSR count). The van der Waals surface area contributed by atoms with E-state index in [-0.39, 0.29) is 31.5 Å². The molecule has 9 nitrogen and oxygen atoms in total. The second-order valence-corrected chi connectivity index (χ2v) is 25.4. The van der Waals surface area contributed by atoms with E-state index < -0.39 is 20.0 Å². The molecule has 3 atom stereocenters. The Kier molecular flexibility index (Phi) is 58.7. The molecular weight excluding hydrogens is 1040 g/mol. The van der Waals surface area contributed by atoms with E-state index in [9.17, 15) is 19.0 Å². The van der Waals surface area contributed by atoms with Crippen LogP contribution in [0, 0.1) is 0 Å². The van der Waals surface area contributed by atoms with Gasteiger partial charge in [0.15, 0.2) is 0 Å². The molecule has 0 aromatic heterocycles. The van der Waals surface area contributed by atoms with Crippen molar-refractivity contribution < 1.29 is 37.3 Å². The van der Waals surface area contributed by atoms with Crippen molar-refractivity contribution in [1.82, 2.24) is 5.32 Å². The van der Waals surface area contributed by atoms with Crippen LogP contribution in [0.2, 0.25) is 0 Å². The first-order chi connectivity index (χ1) is 39.9. The number of rotatable bonds is 61. The lowest BCUT2D eigenvalue weighted by molar-refractivity contribution is -0.870. The Labute approximate surface area is 507 Å². The number of hydrogen-bond donors (Lipinski definition) is 2. The lowest BCUT2D eigenvalue weighted by atomic mass is 10.0. The number of quaternary nitrogens is 1. The smallest absolute Gasteiger partial charge is 0.456 e. The Morgan fingerprint density at radius 1 is 0.439 bits per heavy atom. The molecule has 0 bridgehead atoms. The Morgan fingerprint density at radius 3 is 1.22 bits per heavy atom. The number of likely N-dealkylation sites (N-methyl/N-ethyl adjacent to an activating group) is 1. The molecule has 0 saturated heterocycles. The second kappa shape index (κ2) is 61.0. The summed E-state index contributed by atoms with van der Waals surface area (Å²) in [6.07, 6.45) is 82.9. The summed E-state index contributed by atoms with van der Waals surface area (Å²) < 4.78 is 30.7. The summed E-state index contributed by atoms with van der Waals surface area (Å²) in [5.74, 6) is -0.570. The van der Waals surface area contributed by atoms with Crippen LogP contribution in [0.5, 0.6) is 0 Å². The van der Waals surface area contributed by atoms with Crippen LogP contribution in [-0.2, 0) is 27.9 Å². The lowest BCUT2D eigenvalue weighted by Crippen LogP contribution is -2.47. The van der Waals surface area contributed by atoms with Crippen molar-refractivity contribution >= 4 is 19.7 Å². The van der Waals surface area contributed by atoms with Crippen LogP contribution in [-0.4, -0.2) is 74.3 Å². The minimum Gasteiger partial charge on any atom is -0.456 e. The predicted octanol–water partition coefficient (Wildman–Crippen LogP) is 21.5. The third-order valence-electron chi connectivity index (χ3n) is 14.8. The van der Waals surface area contributed by atoms with Crippen molar-refractivity contribution in [1.29, 1.82) is 0 Å². The summed E-state index contributed by atoms with van der Waals surface area (Å²) in [6.45, 7) is 6.85. The van der Waals surface area contributed by atoms with Gasteiger partial charge in [0.1, 0.15) is 19.3 Å². The highest BCUT2D eigenvalue weighted by molar-refractivity contribution is 7.47. The molecule has 0 aliphatic heterocycles. The average molecular weight is 1170 g/mol. The zero-order chi connectivity index (χ0) is 60.0. The van der Waals surface area contributed by atoms with Crippen LogP contribution < -0.4 is 5.32 Å². The second-order valence-electron chi connectivity index (χ2n) is 24.0. The van der Waals surface area contributed by atoms with Crippen molar-refractivity contribution in [2.45, 2.75) is 309 Å².